The lowest BCUT2D eigenvalue weighted by molar-refractivity contribution is 0.00421. The van der Waals surface area contributed by atoms with Crippen molar-refractivity contribution in [3.63, 3.8) is 0 Å². The third-order valence-corrected chi connectivity index (χ3v) is 7.84. The van der Waals surface area contributed by atoms with Crippen molar-refractivity contribution in [2.45, 2.75) is 43.0 Å². The molecule has 3 rings (SSSR count). The molecule has 1 atom stereocenters. The summed E-state index contributed by atoms with van der Waals surface area (Å²) in [5, 5.41) is 10.6. The van der Waals surface area contributed by atoms with Crippen LogP contribution in [0.3, 0.4) is 0 Å². The number of rotatable bonds is 4. The van der Waals surface area contributed by atoms with E-state index in [0.717, 1.165) is 51.9 Å². The maximum atomic E-state index is 12.7. The largest absolute Gasteiger partial charge is 0.387 e. The van der Waals surface area contributed by atoms with Crippen molar-refractivity contribution in [2.24, 2.45) is 0 Å². The standard InChI is InChI=1S/C15H29N3O3S/c1-16-8-10-17(11-9-16)12-15(19)6-7-18(13-15)22(20,21)14-4-2-3-5-14/h14,19H,2-13H2,1H3. The minimum atomic E-state index is -3.21. The molecule has 0 bridgehead atoms. The number of hydrogen-bond acceptors (Lipinski definition) is 5. The third-order valence-electron chi connectivity index (χ3n) is 5.49. The van der Waals surface area contributed by atoms with Gasteiger partial charge in [0.15, 0.2) is 0 Å². The van der Waals surface area contributed by atoms with Crippen LogP contribution in [0.5, 0.6) is 0 Å². The van der Waals surface area contributed by atoms with Crippen LogP contribution >= 0.6 is 0 Å². The molecular weight excluding hydrogens is 302 g/mol. The van der Waals surface area contributed by atoms with Crippen molar-refractivity contribution in [1.82, 2.24) is 14.1 Å². The van der Waals surface area contributed by atoms with E-state index in [2.05, 4.69) is 16.8 Å². The van der Waals surface area contributed by atoms with Crippen LogP contribution in [0.25, 0.3) is 0 Å². The van der Waals surface area contributed by atoms with Gasteiger partial charge in [-0.25, -0.2) is 8.42 Å². The van der Waals surface area contributed by atoms with E-state index in [1.165, 1.54) is 0 Å². The molecule has 22 heavy (non-hydrogen) atoms. The van der Waals surface area contributed by atoms with Crippen molar-refractivity contribution >= 4 is 10.0 Å². The average molecular weight is 331 g/mol. The van der Waals surface area contributed by atoms with Crippen molar-refractivity contribution in [3.05, 3.63) is 0 Å². The smallest absolute Gasteiger partial charge is 0.217 e. The summed E-state index contributed by atoms with van der Waals surface area (Å²) < 4.78 is 26.9. The van der Waals surface area contributed by atoms with Gasteiger partial charge in [-0.1, -0.05) is 12.8 Å². The van der Waals surface area contributed by atoms with Crippen LogP contribution in [0.4, 0.5) is 0 Å². The first-order chi connectivity index (χ1) is 10.4. The molecule has 1 N–H and O–H groups in total. The summed E-state index contributed by atoms with van der Waals surface area (Å²) in [5.74, 6) is 0. The first-order valence-corrected chi connectivity index (χ1v) is 10.0. The predicted octanol–water partition coefficient (Wildman–Crippen LogP) is -0.0570. The fourth-order valence-electron chi connectivity index (χ4n) is 3.98. The van der Waals surface area contributed by atoms with Gasteiger partial charge < -0.3 is 10.0 Å². The van der Waals surface area contributed by atoms with Crippen molar-refractivity contribution in [3.8, 4) is 0 Å². The Morgan fingerprint density at radius 2 is 1.73 bits per heavy atom. The summed E-state index contributed by atoms with van der Waals surface area (Å²) in [6.45, 7) is 5.28. The average Bonchev–Trinajstić information content (AvgIpc) is 3.12. The number of hydrogen-bond donors (Lipinski definition) is 1. The van der Waals surface area contributed by atoms with E-state index in [9.17, 15) is 13.5 Å². The molecular formula is C15H29N3O3S. The van der Waals surface area contributed by atoms with Gasteiger partial charge in [0, 0.05) is 45.8 Å². The molecule has 128 valence electrons. The number of β-amino-alcohol motifs (C(OH)–C–C–N with tert-alkyl or cyclic N) is 1. The zero-order valence-corrected chi connectivity index (χ0v) is 14.4. The van der Waals surface area contributed by atoms with E-state index in [1.807, 2.05) is 0 Å². The zero-order chi connectivity index (χ0) is 15.8. The van der Waals surface area contributed by atoms with Gasteiger partial charge in [0.2, 0.25) is 10.0 Å². The molecule has 1 aliphatic carbocycles. The highest BCUT2D eigenvalue weighted by atomic mass is 32.2. The molecule has 7 heteroatoms. The third kappa shape index (κ3) is 3.48. The monoisotopic (exact) mass is 331 g/mol. The zero-order valence-electron chi connectivity index (χ0n) is 13.6. The quantitative estimate of drug-likeness (QED) is 0.782. The number of aliphatic hydroxyl groups is 1. The number of nitrogens with zero attached hydrogens (tertiary/aromatic N) is 3. The maximum Gasteiger partial charge on any atom is 0.217 e. The van der Waals surface area contributed by atoms with Crippen LogP contribution in [0.1, 0.15) is 32.1 Å². The van der Waals surface area contributed by atoms with Gasteiger partial charge in [-0.15, -0.1) is 0 Å². The van der Waals surface area contributed by atoms with Crippen molar-refractivity contribution < 1.29 is 13.5 Å². The van der Waals surface area contributed by atoms with Crippen LogP contribution < -0.4 is 0 Å². The van der Waals surface area contributed by atoms with E-state index in [-0.39, 0.29) is 11.8 Å². The van der Waals surface area contributed by atoms with Gasteiger partial charge in [0.25, 0.3) is 0 Å². The molecule has 0 aromatic rings. The van der Waals surface area contributed by atoms with Gasteiger partial charge in [-0.2, -0.15) is 4.31 Å². The lowest BCUT2D eigenvalue weighted by Gasteiger charge is -2.36. The van der Waals surface area contributed by atoms with Crippen molar-refractivity contribution in [1.29, 1.82) is 0 Å². The van der Waals surface area contributed by atoms with Gasteiger partial charge in [-0.3, -0.25) is 4.90 Å². The molecule has 0 aromatic carbocycles. The maximum absolute atomic E-state index is 12.7. The molecule has 0 spiro atoms. The van der Waals surface area contributed by atoms with E-state index in [1.54, 1.807) is 4.31 Å². The molecule has 1 saturated carbocycles. The lowest BCUT2D eigenvalue weighted by atomic mass is 10.0. The summed E-state index contributed by atoms with van der Waals surface area (Å²) in [6, 6.07) is 0. The fourth-order valence-corrected chi connectivity index (χ4v) is 6.10. The van der Waals surface area contributed by atoms with Gasteiger partial charge in [0.1, 0.15) is 0 Å². The minimum absolute atomic E-state index is 0.210. The van der Waals surface area contributed by atoms with Crippen LogP contribution in [-0.4, -0.2) is 91.3 Å². The molecule has 0 radical (unpaired) electrons. The van der Waals surface area contributed by atoms with Gasteiger partial charge in [0.05, 0.1) is 10.9 Å². The molecule has 2 aliphatic heterocycles. The second kappa shape index (κ2) is 6.36. The second-order valence-electron chi connectivity index (χ2n) is 7.34. The Balaban J connectivity index is 1.58. The molecule has 0 aromatic heterocycles. The summed E-state index contributed by atoms with van der Waals surface area (Å²) in [4.78, 5) is 4.55. The first-order valence-electron chi connectivity index (χ1n) is 8.51. The van der Waals surface area contributed by atoms with Crippen molar-refractivity contribution in [2.75, 3.05) is 52.9 Å². The van der Waals surface area contributed by atoms with Gasteiger partial charge in [-0.05, 0) is 26.3 Å². The molecule has 1 unspecified atom stereocenters. The van der Waals surface area contributed by atoms with Crippen LogP contribution in [0, 0.1) is 0 Å². The molecule has 6 nitrogen and oxygen atoms in total. The SMILES string of the molecule is CN1CCN(CC2(O)CCN(S(=O)(=O)C3CCCC3)C2)CC1. The lowest BCUT2D eigenvalue weighted by Crippen LogP contribution is -2.52. The molecule has 3 aliphatic rings. The Labute approximate surface area is 134 Å². The van der Waals surface area contributed by atoms with E-state index in [4.69, 9.17) is 0 Å². The number of sulfonamides is 1. The van der Waals surface area contributed by atoms with E-state index in [0.29, 0.717) is 19.5 Å². The summed E-state index contributed by atoms with van der Waals surface area (Å²) in [5.41, 5.74) is -0.873. The first kappa shape index (κ1) is 16.6. The summed E-state index contributed by atoms with van der Waals surface area (Å²) in [6.07, 6.45) is 4.17. The van der Waals surface area contributed by atoms with Crippen LogP contribution in [0.2, 0.25) is 0 Å². The molecule has 3 fully saturated rings. The number of likely N-dealkylation sites (N-methyl/N-ethyl adjacent to an activating group) is 1. The van der Waals surface area contributed by atoms with Crippen LogP contribution in [-0.2, 0) is 10.0 Å². The highest BCUT2D eigenvalue weighted by Crippen LogP contribution is 2.32. The van der Waals surface area contributed by atoms with E-state index >= 15 is 0 Å². The highest BCUT2D eigenvalue weighted by molar-refractivity contribution is 7.89. The Morgan fingerprint density at radius 1 is 1.09 bits per heavy atom. The van der Waals surface area contributed by atoms with Crippen LogP contribution in [0.15, 0.2) is 0 Å². The normalized spacial score (nSPS) is 33.7. The predicted molar refractivity (Wildman–Crippen MR) is 86.3 cm³/mol. The molecule has 0 amide bonds. The number of piperazine rings is 1. The summed E-state index contributed by atoms with van der Waals surface area (Å²) in [7, 11) is -1.10. The molecule has 2 heterocycles. The minimum Gasteiger partial charge on any atom is -0.387 e. The fraction of sp³-hybridized carbons (Fsp3) is 1.00. The topological polar surface area (TPSA) is 64.1 Å². The van der Waals surface area contributed by atoms with E-state index < -0.39 is 15.6 Å². The Kier molecular flexibility index (Phi) is 4.81. The summed E-state index contributed by atoms with van der Waals surface area (Å²) >= 11 is 0. The second-order valence-corrected chi connectivity index (χ2v) is 9.55. The Bertz CT molecular complexity index is 484. The highest BCUT2D eigenvalue weighted by Gasteiger charge is 2.45. The van der Waals surface area contributed by atoms with Gasteiger partial charge >= 0.3 is 0 Å². The Hall–Kier alpha value is -0.210. The Morgan fingerprint density at radius 3 is 2.36 bits per heavy atom. The molecule has 2 saturated heterocycles.